The SMILES string of the molecule is C/C(=C\c1ccc(N(C)C)s1)C(C)O. The molecule has 78 valence electrons. The fourth-order valence-corrected chi connectivity index (χ4v) is 1.95. The van der Waals surface area contributed by atoms with Crippen LogP contribution in [-0.4, -0.2) is 25.3 Å². The molecule has 0 saturated carbocycles. The average Bonchev–Trinajstić information content (AvgIpc) is 2.52. The normalized spacial score (nSPS) is 14.2. The first kappa shape index (κ1) is 11.3. The van der Waals surface area contributed by atoms with Gasteiger partial charge in [0, 0.05) is 19.0 Å². The summed E-state index contributed by atoms with van der Waals surface area (Å²) < 4.78 is 0. The maximum absolute atomic E-state index is 9.32. The van der Waals surface area contributed by atoms with Crippen molar-refractivity contribution in [1.82, 2.24) is 0 Å². The Bertz CT molecular complexity index is 326. The quantitative estimate of drug-likeness (QED) is 0.830. The highest BCUT2D eigenvalue weighted by atomic mass is 32.1. The van der Waals surface area contributed by atoms with Crippen molar-refractivity contribution in [1.29, 1.82) is 0 Å². The lowest BCUT2D eigenvalue weighted by molar-refractivity contribution is 0.232. The molecule has 0 aliphatic carbocycles. The van der Waals surface area contributed by atoms with Crippen LogP contribution in [0, 0.1) is 0 Å². The van der Waals surface area contributed by atoms with Crippen molar-refractivity contribution < 1.29 is 5.11 Å². The molecule has 1 heterocycles. The second-order valence-electron chi connectivity index (χ2n) is 3.63. The Morgan fingerprint density at radius 3 is 2.57 bits per heavy atom. The second-order valence-corrected chi connectivity index (χ2v) is 4.73. The van der Waals surface area contributed by atoms with Crippen LogP contribution in [0.3, 0.4) is 0 Å². The zero-order chi connectivity index (χ0) is 10.7. The Kier molecular flexibility index (Phi) is 3.72. The van der Waals surface area contributed by atoms with E-state index in [9.17, 15) is 5.11 Å². The summed E-state index contributed by atoms with van der Waals surface area (Å²) in [6, 6.07) is 4.16. The largest absolute Gasteiger partial charge is 0.389 e. The summed E-state index contributed by atoms with van der Waals surface area (Å²) in [5, 5.41) is 10.6. The molecule has 1 aromatic heterocycles. The number of hydrogen-bond acceptors (Lipinski definition) is 3. The summed E-state index contributed by atoms with van der Waals surface area (Å²) in [6.07, 6.45) is 1.67. The van der Waals surface area contributed by atoms with Gasteiger partial charge >= 0.3 is 0 Å². The van der Waals surface area contributed by atoms with Gasteiger partial charge in [0.05, 0.1) is 11.1 Å². The van der Waals surface area contributed by atoms with Crippen molar-refractivity contribution in [2.75, 3.05) is 19.0 Å². The van der Waals surface area contributed by atoms with Crippen LogP contribution in [-0.2, 0) is 0 Å². The summed E-state index contributed by atoms with van der Waals surface area (Å²) >= 11 is 1.73. The molecule has 14 heavy (non-hydrogen) atoms. The number of nitrogens with zero attached hydrogens (tertiary/aromatic N) is 1. The van der Waals surface area contributed by atoms with Crippen molar-refractivity contribution >= 4 is 22.4 Å². The van der Waals surface area contributed by atoms with Crippen LogP contribution >= 0.6 is 11.3 Å². The summed E-state index contributed by atoms with van der Waals surface area (Å²) in [5.74, 6) is 0. The summed E-state index contributed by atoms with van der Waals surface area (Å²) in [5.41, 5.74) is 0.997. The van der Waals surface area contributed by atoms with Gasteiger partial charge in [-0.3, -0.25) is 0 Å². The van der Waals surface area contributed by atoms with E-state index in [2.05, 4.69) is 17.0 Å². The van der Waals surface area contributed by atoms with Crippen LogP contribution in [0.2, 0.25) is 0 Å². The van der Waals surface area contributed by atoms with E-state index in [1.807, 2.05) is 27.1 Å². The molecule has 1 unspecified atom stereocenters. The van der Waals surface area contributed by atoms with E-state index in [1.165, 1.54) is 9.88 Å². The van der Waals surface area contributed by atoms with Crippen LogP contribution in [0.5, 0.6) is 0 Å². The molecule has 1 atom stereocenters. The first-order chi connectivity index (χ1) is 6.50. The topological polar surface area (TPSA) is 23.5 Å². The van der Waals surface area contributed by atoms with Crippen molar-refractivity contribution in [3.05, 3.63) is 22.6 Å². The zero-order valence-electron chi connectivity index (χ0n) is 9.11. The lowest BCUT2D eigenvalue weighted by Gasteiger charge is -2.07. The van der Waals surface area contributed by atoms with E-state index in [0.29, 0.717) is 0 Å². The minimum absolute atomic E-state index is 0.361. The molecule has 0 saturated heterocycles. The molecule has 1 N–H and O–H groups in total. The number of hydrogen-bond donors (Lipinski definition) is 1. The Morgan fingerprint density at radius 2 is 2.14 bits per heavy atom. The van der Waals surface area contributed by atoms with E-state index in [4.69, 9.17) is 0 Å². The first-order valence-electron chi connectivity index (χ1n) is 4.64. The van der Waals surface area contributed by atoms with Gasteiger partial charge in [0.15, 0.2) is 0 Å². The number of aliphatic hydroxyl groups is 1. The van der Waals surface area contributed by atoms with E-state index in [-0.39, 0.29) is 6.10 Å². The van der Waals surface area contributed by atoms with Crippen molar-refractivity contribution in [3.63, 3.8) is 0 Å². The Hall–Kier alpha value is -0.800. The van der Waals surface area contributed by atoms with Gasteiger partial charge < -0.3 is 10.0 Å². The molecule has 0 radical (unpaired) electrons. The second kappa shape index (κ2) is 4.62. The zero-order valence-corrected chi connectivity index (χ0v) is 9.93. The Labute approximate surface area is 89.5 Å². The molecule has 0 amide bonds. The number of rotatable bonds is 3. The van der Waals surface area contributed by atoms with Crippen molar-refractivity contribution in [2.24, 2.45) is 0 Å². The lowest BCUT2D eigenvalue weighted by Crippen LogP contribution is -2.05. The van der Waals surface area contributed by atoms with Gasteiger partial charge in [-0.1, -0.05) is 0 Å². The molecule has 0 fully saturated rings. The highest BCUT2D eigenvalue weighted by Crippen LogP contribution is 2.26. The fourth-order valence-electron chi connectivity index (χ4n) is 1.01. The smallest absolute Gasteiger partial charge is 0.0909 e. The molecule has 2 nitrogen and oxygen atoms in total. The molecule has 3 heteroatoms. The minimum atomic E-state index is -0.361. The first-order valence-corrected chi connectivity index (χ1v) is 5.46. The monoisotopic (exact) mass is 211 g/mol. The molecular formula is C11H17NOS. The van der Waals surface area contributed by atoms with Crippen LogP contribution in [0.4, 0.5) is 5.00 Å². The standard InChI is InChI=1S/C11H17NOS/c1-8(9(2)13)7-10-5-6-11(14-10)12(3)4/h5-7,9,13H,1-4H3/b8-7+. The van der Waals surface area contributed by atoms with Crippen LogP contribution in [0.1, 0.15) is 18.7 Å². The predicted octanol–water partition coefficient (Wildman–Crippen LogP) is 2.60. The Morgan fingerprint density at radius 1 is 1.50 bits per heavy atom. The van der Waals surface area contributed by atoms with Gasteiger partial charge in [-0.15, -0.1) is 11.3 Å². The third-order valence-electron chi connectivity index (χ3n) is 2.08. The molecule has 0 bridgehead atoms. The third-order valence-corrected chi connectivity index (χ3v) is 3.28. The Balaban J connectivity index is 2.83. The lowest BCUT2D eigenvalue weighted by atomic mass is 10.2. The van der Waals surface area contributed by atoms with E-state index in [0.717, 1.165) is 5.57 Å². The van der Waals surface area contributed by atoms with Gasteiger partial charge in [-0.05, 0) is 37.6 Å². The number of aliphatic hydroxyl groups excluding tert-OH is 1. The maximum atomic E-state index is 9.32. The fraction of sp³-hybridized carbons (Fsp3) is 0.455. The highest BCUT2D eigenvalue weighted by Gasteiger charge is 2.02. The summed E-state index contributed by atoms with van der Waals surface area (Å²) in [4.78, 5) is 3.27. The molecule has 0 aliphatic rings. The van der Waals surface area contributed by atoms with Gasteiger partial charge in [-0.25, -0.2) is 0 Å². The number of thiophene rings is 1. The third kappa shape index (κ3) is 2.86. The minimum Gasteiger partial charge on any atom is -0.389 e. The molecule has 0 aliphatic heterocycles. The van der Waals surface area contributed by atoms with Gasteiger partial charge in [0.25, 0.3) is 0 Å². The van der Waals surface area contributed by atoms with Crippen LogP contribution in [0.15, 0.2) is 17.7 Å². The van der Waals surface area contributed by atoms with Crippen LogP contribution < -0.4 is 4.90 Å². The van der Waals surface area contributed by atoms with Crippen molar-refractivity contribution in [3.8, 4) is 0 Å². The maximum Gasteiger partial charge on any atom is 0.0909 e. The molecule has 0 aromatic carbocycles. The summed E-state index contributed by atoms with van der Waals surface area (Å²) in [7, 11) is 4.06. The van der Waals surface area contributed by atoms with E-state index >= 15 is 0 Å². The highest BCUT2D eigenvalue weighted by molar-refractivity contribution is 7.16. The molecule has 0 spiro atoms. The van der Waals surface area contributed by atoms with E-state index < -0.39 is 0 Å². The van der Waals surface area contributed by atoms with Crippen LogP contribution in [0.25, 0.3) is 6.08 Å². The van der Waals surface area contributed by atoms with Crippen molar-refractivity contribution in [2.45, 2.75) is 20.0 Å². The molecule has 1 aromatic rings. The number of anilines is 1. The van der Waals surface area contributed by atoms with Gasteiger partial charge in [0.2, 0.25) is 0 Å². The van der Waals surface area contributed by atoms with E-state index in [1.54, 1.807) is 18.3 Å². The van der Waals surface area contributed by atoms with Gasteiger partial charge in [-0.2, -0.15) is 0 Å². The average molecular weight is 211 g/mol. The summed E-state index contributed by atoms with van der Waals surface area (Å²) in [6.45, 7) is 3.73. The predicted molar refractivity (Wildman–Crippen MR) is 64.0 cm³/mol. The van der Waals surface area contributed by atoms with Gasteiger partial charge in [0.1, 0.15) is 0 Å². The molecule has 1 rings (SSSR count). The molecular weight excluding hydrogens is 194 g/mol.